The van der Waals surface area contributed by atoms with Crippen LogP contribution in [-0.4, -0.2) is 30.9 Å². The molecule has 2 amide bonds. The zero-order chi connectivity index (χ0) is 15.8. The monoisotopic (exact) mass is 292 g/mol. The van der Waals surface area contributed by atoms with Crippen LogP contribution in [0, 0.1) is 0 Å². The number of methoxy groups -OCH3 is 1. The highest BCUT2D eigenvalue weighted by Gasteiger charge is 2.15. The van der Waals surface area contributed by atoms with Crippen molar-refractivity contribution < 1.29 is 19.1 Å². The average Bonchev–Trinajstić information content (AvgIpc) is 2.46. The van der Waals surface area contributed by atoms with Crippen LogP contribution >= 0.6 is 0 Å². The highest BCUT2D eigenvalue weighted by Crippen LogP contribution is 2.16. The third-order valence-electron chi connectivity index (χ3n) is 2.95. The number of rotatable bonds is 6. The van der Waals surface area contributed by atoms with Gasteiger partial charge in [0, 0.05) is 6.04 Å². The lowest BCUT2D eigenvalue weighted by atomic mass is 10.1. The van der Waals surface area contributed by atoms with Crippen molar-refractivity contribution in [3.8, 4) is 0 Å². The lowest BCUT2D eigenvalue weighted by Gasteiger charge is -2.12. The molecule has 6 nitrogen and oxygen atoms in total. The molecule has 0 fully saturated rings. The minimum atomic E-state index is -0.546. The first-order chi connectivity index (χ1) is 9.97. The lowest BCUT2D eigenvalue weighted by Crippen LogP contribution is -2.34. The van der Waals surface area contributed by atoms with Gasteiger partial charge in [-0.1, -0.05) is 19.1 Å². The molecule has 0 saturated carbocycles. The largest absolute Gasteiger partial charge is 0.465 e. The van der Waals surface area contributed by atoms with Crippen molar-refractivity contribution in [2.75, 3.05) is 12.4 Å². The molecular formula is C15H20N2O4. The topological polar surface area (TPSA) is 84.5 Å². The highest BCUT2D eigenvalue weighted by atomic mass is 16.5. The van der Waals surface area contributed by atoms with E-state index in [0.29, 0.717) is 5.69 Å². The van der Waals surface area contributed by atoms with Crippen molar-refractivity contribution in [1.29, 1.82) is 0 Å². The lowest BCUT2D eigenvalue weighted by molar-refractivity contribution is -0.127. The number of ether oxygens (including phenoxy) is 1. The fraction of sp³-hybridized carbons (Fsp3) is 0.400. The van der Waals surface area contributed by atoms with E-state index in [1.54, 1.807) is 24.3 Å². The first-order valence-electron chi connectivity index (χ1n) is 6.74. The summed E-state index contributed by atoms with van der Waals surface area (Å²) in [4.78, 5) is 35.0. The van der Waals surface area contributed by atoms with E-state index in [-0.39, 0.29) is 23.9 Å². The van der Waals surface area contributed by atoms with Crippen molar-refractivity contribution >= 4 is 23.5 Å². The number of hydrogen-bond acceptors (Lipinski definition) is 4. The van der Waals surface area contributed by atoms with E-state index in [9.17, 15) is 14.4 Å². The molecule has 0 saturated heterocycles. The second kappa shape index (κ2) is 8.04. The molecule has 1 unspecified atom stereocenters. The molecule has 0 aliphatic rings. The van der Waals surface area contributed by atoms with Gasteiger partial charge in [-0.25, -0.2) is 4.79 Å². The molecule has 0 aliphatic carbocycles. The Morgan fingerprint density at radius 3 is 2.48 bits per heavy atom. The molecular weight excluding hydrogens is 272 g/mol. The zero-order valence-corrected chi connectivity index (χ0v) is 12.4. The molecule has 114 valence electrons. The van der Waals surface area contributed by atoms with E-state index in [0.717, 1.165) is 6.42 Å². The molecule has 0 bridgehead atoms. The van der Waals surface area contributed by atoms with Gasteiger partial charge in [0.15, 0.2) is 0 Å². The Kier molecular flexibility index (Phi) is 6.39. The van der Waals surface area contributed by atoms with Gasteiger partial charge < -0.3 is 15.4 Å². The Morgan fingerprint density at radius 1 is 1.19 bits per heavy atom. The van der Waals surface area contributed by atoms with Crippen LogP contribution in [0.5, 0.6) is 0 Å². The first kappa shape index (κ1) is 16.7. The van der Waals surface area contributed by atoms with Gasteiger partial charge in [0.1, 0.15) is 6.42 Å². The molecule has 6 heteroatoms. The van der Waals surface area contributed by atoms with Crippen LogP contribution in [0.2, 0.25) is 0 Å². The first-order valence-corrected chi connectivity index (χ1v) is 6.74. The molecule has 21 heavy (non-hydrogen) atoms. The normalized spacial score (nSPS) is 11.4. The summed E-state index contributed by atoms with van der Waals surface area (Å²) in [6.07, 6.45) is 0.498. The Balaban J connectivity index is 2.67. The van der Waals surface area contributed by atoms with Crippen LogP contribution in [0.1, 0.15) is 37.0 Å². The SMILES string of the molecule is CCC(C)NC(=O)CC(=O)Nc1ccccc1C(=O)OC. The molecule has 0 aromatic heterocycles. The Hall–Kier alpha value is -2.37. The van der Waals surface area contributed by atoms with Crippen LogP contribution in [0.15, 0.2) is 24.3 Å². The number of para-hydroxylation sites is 1. The third-order valence-corrected chi connectivity index (χ3v) is 2.95. The Bertz CT molecular complexity index is 528. The van der Waals surface area contributed by atoms with Gasteiger partial charge in [0.2, 0.25) is 11.8 Å². The van der Waals surface area contributed by atoms with Crippen molar-refractivity contribution in [2.24, 2.45) is 0 Å². The molecule has 0 aliphatic heterocycles. The van der Waals surface area contributed by atoms with Gasteiger partial charge in [-0.2, -0.15) is 0 Å². The van der Waals surface area contributed by atoms with E-state index < -0.39 is 11.9 Å². The number of hydrogen-bond donors (Lipinski definition) is 2. The summed E-state index contributed by atoms with van der Waals surface area (Å²) in [6.45, 7) is 3.81. The summed E-state index contributed by atoms with van der Waals surface area (Å²) in [6, 6.07) is 6.49. The minimum absolute atomic E-state index is 0.0210. The number of carbonyl (C=O) groups is 3. The van der Waals surface area contributed by atoms with Crippen molar-refractivity contribution in [3.05, 3.63) is 29.8 Å². The summed E-state index contributed by atoms with van der Waals surface area (Å²) in [5.74, 6) is -1.38. The van der Waals surface area contributed by atoms with E-state index in [1.165, 1.54) is 7.11 Å². The standard InChI is InChI=1S/C15H20N2O4/c1-4-10(2)16-13(18)9-14(19)17-12-8-6-5-7-11(12)15(20)21-3/h5-8,10H,4,9H2,1-3H3,(H,16,18)(H,17,19). The third kappa shape index (κ3) is 5.25. The van der Waals surface area contributed by atoms with Crippen LogP contribution in [0.25, 0.3) is 0 Å². The highest BCUT2D eigenvalue weighted by molar-refractivity contribution is 6.06. The van der Waals surface area contributed by atoms with Gasteiger partial charge in [0.25, 0.3) is 0 Å². The number of esters is 1. The fourth-order valence-corrected chi connectivity index (χ4v) is 1.65. The van der Waals surface area contributed by atoms with Gasteiger partial charge >= 0.3 is 5.97 Å². The van der Waals surface area contributed by atoms with Crippen LogP contribution in [-0.2, 0) is 14.3 Å². The molecule has 2 N–H and O–H groups in total. The second-order valence-corrected chi connectivity index (χ2v) is 4.64. The van der Waals surface area contributed by atoms with Gasteiger partial charge in [-0.3, -0.25) is 9.59 Å². The molecule has 1 aromatic rings. The van der Waals surface area contributed by atoms with Gasteiger partial charge in [-0.05, 0) is 25.5 Å². The van der Waals surface area contributed by atoms with Crippen molar-refractivity contribution in [2.45, 2.75) is 32.7 Å². The molecule has 0 spiro atoms. The summed E-state index contributed by atoms with van der Waals surface area (Å²) in [7, 11) is 1.26. The maximum atomic E-state index is 11.8. The Labute approximate surface area is 123 Å². The predicted molar refractivity (Wildman–Crippen MR) is 78.9 cm³/mol. The quantitative estimate of drug-likeness (QED) is 0.617. The molecule has 1 aromatic carbocycles. The van der Waals surface area contributed by atoms with Crippen molar-refractivity contribution in [1.82, 2.24) is 5.32 Å². The maximum absolute atomic E-state index is 11.8. The number of benzene rings is 1. The smallest absolute Gasteiger partial charge is 0.339 e. The number of nitrogens with one attached hydrogen (secondary N) is 2. The van der Waals surface area contributed by atoms with Gasteiger partial charge in [0.05, 0.1) is 18.4 Å². The average molecular weight is 292 g/mol. The van der Waals surface area contributed by atoms with Gasteiger partial charge in [-0.15, -0.1) is 0 Å². The molecule has 0 heterocycles. The number of carbonyl (C=O) groups excluding carboxylic acids is 3. The maximum Gasteiger partial charge on any atom is 0.339 e. The molecule has 1 rings (SSSR count). The van der Waals surface area contributed by atoms with E-state index in [1.807, 2.05) is 13.8 Å². The summed E-state index contributed by atoms with van der Waals surface area (Å²) in [5.41, 5.74) is 0.571. The summed E-state index contributed by atoms with van der Waals surface area (Å²) < 4.78 is 4.64. The van der Waals surface area contributed by atoms with Crippen LogP contribution in [0.3, 0.4) is 0 Å². The van der Waals surface area contributed by atoms with Crippen LogP contribution in [0.4, 0.5) is 5.69 Å². The van der Waals surface area contributed by atoms with E-state index in [4.69, 9.17) is 0 Å². The molecule has 0 radical (unpaired) electrons. The zero-order valence-electron chi connectivity index (χ0n) is 12.4. The predicted octanol–water partition coefficient (Wildman–Crippen LogP) is 1.72. The Morgan fingerprint density at radius 2 is 1.86 bits per heavy atom. The number of amides is 2. The number of anilines is 1. The fourth-order valence-electron chi connectivity index (χ4n) is 1.65. The molecule has 1 atom stereocenters. The van der Waals surface area contributed by atoms with E-state index in [2.05, 4.69) is 15.4 Å². The van der Waals surface area contributed by atoms with Crippen molar-refractivity contribution in [3.63, 3.8) is 0 Å². The minimum Gasteiger partial charge on any atom is -0.465 e. The van der Waals surface area contributed by atoms with Crippen LogP contribution < -0.4 is 10.6 Å². The van der Waals surface area contributed by atoms with E-state index >= 15 is 0 Å². The summed E-state index contributed by atoms with van der Waals surface area (Å²) >= 11 is 0. The summed E-state index contributed by atoms with van der Waals surface area (Å²) in [5, 5.41) is 5.25. The second-order valence-electron chi connectivity index (χ2n) is 4.64.